The van der Waals surface area contributed by atoms with Crippen LogP contribution < -0.4 is 11.1 Å². The zero-order chi connectivity index (χ0) is 12.8. The average Bonchev–Trinajstić information content (AvgIpc) is 2.91. The molecule has 1 fully saturated rings. The summed E-state index contributed by atoms with van der Waals surface area (Å²) in [6.45, 7) is 2.84. The molecule has 1 aliphatic carbocycles. The van der Waals surface area contributed by atoms with Gasteiger partial charge in [-0.15, -0.1) is 11.3 Å². The van der Waals surface area contributed by atoms with Gasteiger partial charge in [0.25, 0.3) is 0 Å². The molecule has 5 heteroatoms. The minimum Gasteiger partial charge on any atom is -0.370 e. The monoisotopic (exact) mass is 266 g/mol. The highest BCUT2D eigenvalue weighted by Crippen LogP contribution is 2.18. The highest BCUT2D eigenvalue weighted by Gasteiger charge is 2.13. The second kappa shape index (κ2) is 6.73. The Morgan fingerprint density at radius 1 is 1.56 bits per heavy atom. The molecule has 18 heavy (non-hydrogen) atoms. The molecule has 0 amide bonds. The third-order valence-electron chi connectivity index (χ3n) is 3.37. The lowest BCUT2D eigenvalue weighted by Crippen LogP contribution is -2.41. The Kier molecular flexibility index (Phi) is 4.99. The molecule has 1 aromatic heterocycles. The molecule has 1 heterocycles. The van der Waals surface area contributed by atoms with Crippen molar-refractivity contribution in [3.63, 3.8) is 0 Å². The summed E-state index contributed by atoms with van der Waals surface area (Å²) in [6.07, 6.45) is 8.25. The molecule has 0 saturated heterocycles. The lowest BCUT2D eigenvalue weighted by Gasteiger charge is -2.23. The molecule has 1 unspecified atom stereocenters. The highest BCUT2D eigenvalue weighted by atomic mass is 32.1. The maximum Gasteiger partial charge on any atom is 0.188 e. The molecule has 1 saturated carbocycles. The summed E-state index contributed by atoms with van der Waals surface area (Å²) in [5.74, 6) is 0.932. The van der Waals surface area contributed by atoms with Crippen molar-refractivity contribution in [2.75, 3.05) is 6.54 Å². The van der Waals surface area contributed by atoms with Crippen molar-refractivity contribution in [2.24, 2.45) is 10.7 Å². The Hall–Kier alpha value is -1.10. The lowest BCUT2D eigenvalue weighted by molar-refractivity contribution is 0.412. The second-order valence-corrected chi connectivity index (χ2v) is 5.90. The normalized spacial score (nSPS) is 19.7. The van der Waals surface area contributed by atoms with Gasteiger partial charge in [0.15, 0.2) is 5.96 Å². The average molecular weight is 266 g/mol. The summed E-state index contributed by atoms with van der Waals surface area (Å²) < 4.78 is 0. The molecule has 0 bridgehead atoms. The van der Waals surface area contributed by atoms with Crippen molar-refractivity contribution in [1.29, 1.82) is 0 Å². The molecule has 0 spiro atoms. The fourth-order valence-corrected chi connectivity index (χ4v) is 2.98. The number of thiazole rings is 1. The zero-order valence-electron chi connectivity index (χ0n) is 10.9. The molecule has 0 radical (unpaired) electrons. The van der Waals surface area contributed by atoms with E-state index in [0.717, 1.165) is 5.01 Å². The smallest absolute Gasteiger partial charge is 0.188 e. The number of hydrogen-bond donors (Lipinski definition) is 2. The first-order chi connectivity index (χ1) is 8.75. The van der Waals surface area contributed by atoms with Gasteiger partial charge < -0.3 is 11.1 Å². The van der Waals surface area contributed by atoms with Gasteiger partial charge in [0.1, 0.15) is 0 Å². The van der Waals surface area contributed by atoms with Crippen LogP contribution in [0.4, 0.5) is 0 Å². The number of hydrogen-bond acceptors (Lipinski definition) is 3. The summed E-state index contributed by atoms with van der Waals surface area (Å²) in [7, 11) is 0. The van der Waals surface area contributed by atoms with Crippen molar-refractivity contribution in [3.8, 4) is 0 Å². The van der Waals surface area contributed by atoms with Crippen molar-refractivity contribution in [1.82, 2.24) is 10.3 Å². The number of aromatic nitrogens is 1. The maximum atomic E-state index is 5.93. The first-order valence-electron chi connectivity index (χ1n) is 6.71. The van der Waals surface area contributed by atoms with Gasteiger partial charge in [0.05, 0.1) is 11.6 Å². The minimum absolute atomic E-state index is 0.344. The van der Waals surface area contributed by atoms with Gasteiger partial charge in [-0.05, 0) is 12.8 Å². The van der Waals surface area contributed by atoms with Gasteiger partial charge in [0.2, 0.25) is 0 Å². The van der Waals surface area contributed by atoms with Gasteiger partial charge in [-0.3, -0.25) is 4.99 Å². The van der Waals surface area contributed by atoms with E-state index < -0.39 is 0 Å². The van der Waals surface area contributed by atoms with Crippen LogP contribution in [0.5, 0.6) is 0 Å². The topological polar surface area (TPSA) is 63.3 Å². The van der Waals surface area contributed by atoms with Gasteiger partial charge in [-0.2, -0.15) is 0 Å². The summed E-state index contributed by atoms with van der Waals surface area (Å²) in [5, 5.41) is 6.46. The molecule has 1 atom stereocenters. The van der Waals surface area contributed by atoms with Crippen LogP contribution in [0.3, 0.4) is 0 Å². The molecule has 4 nitrogen and oxygen atoms in total. The number of rotatable bonds is 4. The predicted octanol–water partition coefficient (Wildman–Crippen LogP) is 2.48. The van der Waals surface area contributed by atoms with Crippen LogP contribution in [0.2, 0.25) is 0 Å². The summed E-state index contributed by atoms with van der Waals surface area (Å²) >= 11 is 1.68. The van der Waals surface area contributed by atoms with Crippen molar-refractivity contribution >= 4 is 17.3 Å². The molecule has 1 aliphatic rings. The Bertz CT molecular complexity index is 368. The number of guanidine groups is 1. The van der Waals surface area contributed by atoms with E-state index in [9.17, 15) is 0 Å². The molecular weight excluding hydrogens is 244 g/mol. The fourth-order valence-electron chi connectivity index (χ4n) is 2.29. The van der Waals surface area contributed by atoms with E-state index in [1.807, 2.05) is 11.6 Å². The van der Waals surface area contributed by atoms with Crippen molar-refractivity contribution in [3.05, 3.63) is 16.6 Å². The third kappa shape index (κ3) is 3.98. The first kappa shape index (κ1) is 13.3. The van der Waals surface area contributed by atoms with Crippen LogP contribution >= 0.6 is 11.3 Å². The van der Waals surface area contributed by atoms with Crippen LogP contribution in [-0.4, -0.2) is 23.5 Å². The van der Waals surface area contributed by atoms with Crippen LogP contribution in [0.25, 0.3) is 0 Å². The highest BCUT2D eigenvalue weighted by molar-refractivity contribution is 7.09. The van der Waals surface area contributed by atoms with Crippen LogP contribution in [0.1, 0.15) is 50.0 Å². The fraction of sp³-hybridized carbons (Fsp3) is 0.692. The predicted molar refractivity (Wildman–Crippen MR) is 77.0 cm³/mol. The van der Waals surface area contributed by atoms with Crippen LogP contribution in [0.15, 0.2) is 16.6 Å². The zero-order valence-corrected chi connectivity index (χ0v) is 11.7. The van der Waals surface area contributed by atoms with E-state index in [4.69, 9.17) is 5.73 Å². The van der Waals surface area contributed by atoms with Gasteiger partial charge >= 0.3 is 0 Å². The van der Waals surface area contributed by atoms with E-state index in [-0.39, 0.29) is 0 Å². The summed E-state index contributed by atoms with van der Waals surface area (Å²) in [6, 6.07) is 0.526. The van der Waals surface area contributed by atoms with Crippen molar-refractivity contribution < 1.29 is 0 Å². The molecule has 2 rings (SSSR count). The molecular formula is C13H22N4S. The molecule has 3 N–H and O–H groups in total. The van der Waals surface area contributed by atoms with Gasteiger partial charge in [-0.25, -0.2) is 4.98 Å². The van der Waals surface area contributed by atoms with Crippen LogP contribution in [0, 0.1) is 0 Å². The standard InChI is InChI=1S/C13H22N4S/c1-10(12-15-7-8-18-12)9-16-13(14)17-11-5-3-2-4-6-11/h7-8,10-11H,2-6,9H2,1H3,(H3,14,16,17). The number of aliphatic imine (C=N–C) groups is 1. The Morgan fingerprint density at radius 2 is 2.33 bits per heavy atom. The molecule has 0 aliphatic heterocycles. The SMILES string of the molecule is CC(CN=C(N)NC1CCCCC1)c1nccs1. The largest absolute Gasteiger partial charge is 0.370 e. The van der Waals surface area contributed by atoms with Crippen molar-refractivity contribution in [2.45, 2.75) is 51.0 Å². The van der Waals surface area contributed by atoms with Gasteiger partial charge in [-0.1, -0.05) is 26.2 Å². The summed E-state index contributed by atoms with van der Waals surface area (Å²) in [4.78, 5) is 8.72. The number of nitrogens with one attached hydrogen (secondary N) is 1. The minimum atomic E-state index is 0.344. The molecule has 0 aromatic carbocycles. The van der Waals surface area contributed by atoms with E-state index in [0.29, 0.717) is 24.5 Å². The molecule has 1 aromatic rings. The van der Waals surface area contributed by atoms with E-state index in [1.165, 1.54) is 32.1 Å². The van der Waals surface area contributed by atoms with E-state index >= 15 is 0 Å². The number of nitrogens with two attached hydrogens (primary N) is 1. The Balaban J connectivity index is 1.77. The third-order valence-corrected chi connectivity index (χ3v) is 4.37. The lowest BCUT2D eigenvalue weighted by atomic mass is 9.96. The van der Waals surface area contributed by atoms with Crippen LogP contribution in [-0.2, 0) is 0 Å². The van der Waals surface area contributed by atoms with Gasteiger partial charge in [0, 0.05) is 23.5 Å². The quantitative estimate of drug-likeness (QED) is 0.650. The summed E-state index contributed by atoms with van der Waals surface area (Å²) in [5.41, 5.74) is 5.93. The number of nitrogens with zero attached hydrogens (tertiary/aromatic N) is 2. The maximum absolute atomic E-state index is 5.93. The Morgan fingerprint density at radius 3 is 3.00 bits per heavy atom. The second-order valence-electron chi connectivity index (χ2n) is 4.98. The first-order valence-corrected chi connectivity index (χ1v) is 7.59. The Labute approximate surface area is 113 Å². The van der Waals surface area contributed by atoms with E-state index in [1.54, 1.807) is 11.3 Å². The molecule has 100 valence electrons. The van der Waals surface area contributed by atoms with E-state index in [2.05, 4.69) is 22.2 Å².